The molecule has 3 nitrogen and oxygen atoms in total. The van der Waals surface area contributed by atoms with Gasteiger partial charge in [-0.15, -0.1) is 0 Å². The molecule has 0 bridgehead atoms. The molecule has 1 aromatic rings. The van der Waals surface area contributed by atoms with Gasteiger partial charge in [0.05, 0.1) is 0 Å². The molecule has 0 saturated heterocycles. The SMILES string of the molecule is OB(O)[13c]1[13cH][13cH][13c](O)[13cH][13cH]1. The van der Waals surface area contributed by atoms with E-state index in [0.29, 0.717) is 5.46 Å². The zero-order valence-corrected chi connectivity index (χ0v) is 5.23. The molecule has 0 amide bonds. The maximum absolute atomic E-state index is 8.78. The number of phenolic OH excluding ortho intramolecular Hbond substituents is 1. The molecule has 0 aliphatic carbocycles. The standard InChI is InChI=1S/C6H7BO3/c8-6-3-1-5(2-4-6)7(9)10/h1-4,8-10H/i1+1,2+1,3+1,4+1,5+1,6+1. The van der Waals surface area contributed by atoms with Gasteiger partial charge in [-0.05, 0) is 17.6 Å². The van der Waals surface area contributed by atoms with Crippen LogP contribution in [-0.4, -0.2) is 22.3 Å². The number of hydrogen-bond donors (Lipinski definition) is 3. The molecule has 0 atom stereocenters. The van der Waals surface area contributed by atoms with Gasteiger partial charge in [0.1, 0.15) is 5.75 Å². The lowest BCUT2D eigenvalue weighted by Gasteiger charge is -1.96. The zero-order chi connectivity index (χ0) is 7.56. The normalized spacial score (nSPS) is 9.40. The van der Waals surface area contributed by atoms with Crippen molar-refractivity contribution in [3.8, 4) is 5.75 Å². The zero-order valence-electron chi connectivity index (χ0n) is 5.23. The molecule has 0 unspecified atom stereocenters. The molecule has 0 fully saturated rings. The van der Waals surface area contributed by atoms with Gasteiger partial charge >= 0.3 is 7.12 Å². The summed E-state index contributed by atoms with van der Waals surface area (Å²) in [7, 11) is -1.46. The van der Waals surface area contributed by atoms with E-state index in [0.717, 1.165) is 0 Å². The molecule has 1 aromatic carbocycles. The van der Waals surface area contributed by atoms with E-state index in [9.17, 15) is 0 Å². The summed E-state index contributed by atoms with van der Waals surface area (Å²) in [4.78, 5) is 0. The Morgan fingerprint density at radius 2 is 1.50 bits per heavy atom. The molecule has 10 heavy (non-hydrogen) atoms. The van der Waals surface area contributed by atoms with Crippen LogP contribution >= 0.6 is 0 Å². The first-order valence-corrected chi connectivity index (χ1v) is 2.85. The van der Waals surface area contributed by atoms with Crippen molar-refractivity contribution in [3.63, 3.8) is 0 Å². The van der Waals surface area contributed by atoms with Crippen molar-refractivity contribution >= 4 is 12.6 Å². The quantitative estimate of drug-likeness (QED) is 0.446. The molecule has 0 radical (unpaired) electrons. The topological polar surface area (TPSA) is 60.7 Å². The molecule has 0 aliphatic rings. The van der Waals surface area contributed by atoms with Crippen LogP contribution in [0.2, 0.25) is 0 Å². The van der Waals surface area contributed by atoms with Crippen LogP contribution in [0, 0.1) is 0 Å². The second kappa shape index (κ2) is 2.73. The first-order valence-electron chi connectivity index (χ1n) is 2.85. The van der Waals surface area contributed by atoms with E-state index >= 15 is 0 Å². The Bertz CT molecular complexity index is 207. The van der Waals surface area contributed by atoms with Crippen molar-refractivity contribution in [2.24, 2.45) is 0 Å². The van der Waals surface area contributed by atoms with Crippen LogP contribution in [0.5, 0.6) is 5.75 Å². The Morgan fingerprint density at radius 1 is 1.00 bits per heavy atom. The van der Waals surface area contributed by atoms with Crippen molar-refractivity contribution in [1.29, 1.82) is 0 Å². The summed E-state index contributed by atoms with van der Waals surface area (Å²) in [5.41, 5.74) is 0.373. The average Bonchev–Trinajstić information content (AvgIpc) is 1.88. The fourth-order valence-corrected chi connectivity index (χ4v) is 0.646. The van der Waals surface area contributed by atoms with E-state index in [1.165, 1.54) is 24.3 Å². The third-order valence-corrected chi connectivity index (χ3v) is 1.19. The molecule has 0 heterocycles. The summed E-state index contributed by atoms with van der Waals surface area (Å²) >= 11 is 0. The van der Waals surface area contributed by atoms with Crippen LogP contribution in [0.4, 0.5) is 0 Å². The van der Waals surface area contributed by atoms with Crippen molar-refractivity contribution in [3.05, 3.63) is 24.3 Å². The fourth-order valence-electron chi connectivity index (χ4n) is 0.646. The van der Waals surface area contributed by atoms with Crippen molar-refractivity contribution in [2.75, 3.05) is 0 Å². The molecule has 0 saturated carbocycles. The van der Waals surface area contributed by atoms with Gasteiger partial charge < -0.3 is 15.2 Å². The Labute approximate surface area is 58.7 Å². The lowest BCUT2D eigenvalue weighted by atomic mass is 10.1. The lowest BCUT2D eigenvalue weighted by molar-refractivity contribution is 0.425. The van der Waals surface area contributed by atoms with Crippen molar-refractivity contribution in [2.45, 2.75) is 0 Å². The summed E-state index contributed by atoms with van der Waals surface area (Å²) in [6, 6.07) is 5.68. The van der Waals surface area contributed by atoms with Crippen LogP contribution in [0.3, 0.4) is 0 Å². The summed E-state index contributed by atoms with van der Waals surface area (Å²) in [6.07, 6.45) is 0. The maximum Gasteiger partial charge on any atom is 0.488 e. The van der Waals surface area contributed by atoms with Crippen LogP contribution in [0.15, 0.2) is 24.3 Å². The Hall–Kier alpha value is -0.995. The monoisotopic (exact) mass is 144 g/mol. The highest BCUT2D eigenvalue weighted by atomic mass is 16.4. The number of benzene rings is 1. The number of aromatic hydroxyl groups is 1. The second-order valence-electron chi connectivity index (χ2n) is 1.97. The molecule has 0 aromatic heterocycles. The Kier molecular flexibility index (Phi) is 1.94. The van der Waals surface area contributed by atoms with E-state index in [1.54, 1.807) is 0 Å². The lowest BCUT2D eigenvalue weighted by Crippen LogP contribution is -2.29. The number of hydrogen-bond acceptors (Lipinski definition) is 3. The summed E-state index contributed by atoms with van der Waals surface area (Å²) in [5, 5.41) is 26.0. The Morgan fingerprint density at radius 3 is 1.90 bits per heavy atom. The summed E-state index contributed by atoms with van der Waals surface area (Å²) < 4.78 is 0. The molecule has 52 valence electrons. The van der Waals surface area contributed by atoms with Crippen molar-refractivity contribution in [1.82, 2.24) is 0 Å². The summed E-state index contributed by atoms with van der Waals surface area (Å²) in [6.45, 7) is 0. The molecule has 0 aliphatic heterocycles. The second-order valence-corrected chi connectivity index (χ2v) is 1.97. The highest BCUT2D eigenvalue weighted by Crippen LogP contribution is 2.02. The first-order chi connectivity index (χ1) is 4.70. The molecule has 1 rings (SSSR count). The minimum atomic E-state index is -1.46. The number of phenols is 1. The smallest absolute Gasteiger partial charge is 0.488 e. The van der Waals surface area contributed by atoms with Crippen LogP contribution in [0.25, 0.3) is 0 Å². The largest absolute Gasteiger partial charge is 0.508 e. The highest BCUT2D eigenvalue weighted by Gasteiger charge is 2.08. The third kappa shape index (κ3) is 1.49. The van der Waals surface area contributed by atoms with Gasteiger partial charge in [0, 0.05) is 0 Å². The van der Waals surface area contributed by atoms with Gasteiger partial charge in [0.15, 0.2) is 0 Å². The van der Waals surface area contributed by atoms with E-state index < -0.39 is 7.12 Å². The van der Waals surface area contributed by atoms with Gasteiger partial charge in [-0.25, -0.2) is 0 Å². The van der Waals surface area contributed by atoms with E-state index in [1.807, 2.05) is 0 Å². The van der Waals surface area contributed by atoms with Gasteiger partial charge in [-0.3, -0.25) is 0 Å². The molecular weight excluding hydrogens is 137 g/mol. The molecule has 3 N–H and O–H groups in total. The van der Waals surface area contributed by atoms with Gasteiger partial charge in [-0.2, -0.15) is 0 Å². The van der Waals surface area contributed by atoms with Crippen LogP contribution < -0.4 is 5.46 Å². The average molecular weight is 144 g/mol. The highest BCUT2D eigenvalue weighted by molar-refractivity contribution is 6.58. The molecule has 4 heteroatoms. The number of rotatable bonds is 1. The van der Waals surface area contributed by atoms with Gasteiger partial charge in [-0.1, -0.05) is 12.1 Å². The van der Waals surface area contributed by atoms with Crippen LogP contribution in [0.1, 0.15) is 0 Å². The van der Waals surface area contributed by atoms with E-state index in [-0.39, 0.29) is 5.75 Å². The van der Waals surface area contributed by atoms with Crippen LogP contribution in [-0.2, 0) is 0 Å². The van der Waals surface area contributed by atoms with Gasteiger partial charge in [0.25, 0.3) is 0 Å². The van der Waals surface area contributed by atoms with E-state index in [4.69, 9.17) is 15.2 Å². The van der Waals surface area contributed by atoms with Crippen molar-refractivity contribution < 1.29 is 15.2 Å². The van der Waals surface area contributed by atoms with E-state index in [2.05, 4.69) is 0 Å². The molecule has 0 spiro atoms. The van der Waals surface area contributed by atoms with Gasteiger partial charge in [0.2, 0.25) is 0 Å². The molecular formula is C6H7BO3. The first kappa shape index (κ1) is 7.12. The predicted octanol–water partition coefficient (Wildman–Crippen LogP) is -0.928. The Balaban J connectivity index is 2.89. The fraction of sp³-hybridized carbons (Fsp3) is 0. The maximum atomic E-state index is 8.78. The minimum absolute atomic E-state index is 0.115. The predicted molar refractivity (Wildman–Crippen MR) is 37.9 cm³/mol. The minimum Gasteiger partial charge on any atom is -0.508 e. The summed E-state index contributed by atoms with van der Waals surface area (Å²) in [5.74, 6) is 0.115. The third-order valence-electron chi connectivity index (χ3n) is 1.19.